The first kappa shape index (κ1) is 26.7. The standard InChI is InChI=1S/C23H17F7N6O2/c24-16-6-3-14(23(28,29)30)7-17(16)35-21(37)34-15-4-1-12(2-5-15)18-13(9-38-10-22(25,26)27)8-36-19(18)20(31)32-11-33-36/h1-8,11H,9-10H2,(H2,31,32,33)(H2,34,35,37). The molecule has 0 spiro atoms. The van der Waals surface area contributed by atoms with E-state index in [4.69, 9.17) is 10.5 Å². The second-order valence-electron chi connectivity index (χ2n) is 7.92. The van der Waals surface area contributed by atoms with E-state index in [1.165, 1.54) is 41.3 Å². The van der Waals surface area contributed by atoms with E-state index in [-0.39, 0.29) is 11.5 Å². The summed E-state index contributed by atoms with van der Waals surface area (Å²) < 4.78 is 96.3. The summed E-state index contributed by atoms with van der Waals surface area (Å²) in [6, 6.07) is 6.44. The van der Waals surface area contributed by atoms with Crippen molar-refractivity contribution in [3.05, 3.63) is 71.9 Å². The molecule has 4 aromatic rings. The number of nitrogens with two attached hydrogens (primary N) is 1. The Balaban J connectivity index is 1.55. The summed E-state index contributed by atoms with van der Waals surface area (Å²) in [5.74, 6) is -1.01. The summed E-state index contributed by atoms with van der Waals surface area (Å²) in [4.78, 5) is 16.2. The molecule has 4 N–H and O–H groups in total. The molecule has 2 heterocycles. The highest BCUT2D eigenvalue weighted by Crippen LogP contribution is 2.34. The number of halogens is 7. The zero-order chi connectivity index (χ0) is 27.7. The number of rotatable bonds is 6. The fourth-order valence-corrected chi connectivity index (χ4v) is 3.60. The van der Waals surface area contributed by atoms with Gasteiger partial charge in [-0.15, -0.1) is 0 Å². The number of nitrogens with zero attached hydrogens (tertiary/aromatic N) is 3. The van der Waals surface area contributed by atoms with E-state index in [1.807, 2.05) is 5.32 Å². The van der Waals surface area contributed by atoms with Gasteiger partial charge in [-0.25, -0.2) is 18.7 Å². The fourth-order valence-electron chi connectivity index (χ4n) is 3.60. The van der Waals surface area contributed by atoms with Gasteiger partial charge in [0.2, 0.25) is 0 Å². The predicted molar refractivity (Wildman–Crippen MR) is 123 cm³/mol. The van der Waals surface area contributed by atoms with Crippen LogP contribution in [0.1, 0.15) is 11.1 Å². The van der Waals surface area contributed by atoms with Crippen molar-refractivity contribution in [1.29, 1.82) is 0 Å². The maximum atomic E-state index is 13.9. The van der Waals surface area contributed by atoms with Gasteiger partial charge in [0.1, 0.15) is 24.3 Å². The summed E-state index contributed by atoms with van der Waals surface area (Å²) in [5, 5.41) is 8.39. The van der Waals surface area contributed by atoms with Crippen LogP contribution in [0.25, 0.3) is 16.6 Å². The minimum absolute atomic E-state index is 0.0572. The van der Waals surface area contributed by atoms with E-state index in [2.05, 4.69) is 15.4 Å². The minimum atomic E-state index is -4.73. The van der Waals surface area contributed by atoms with Gasteiger partial charge in [0.15, 0.2) is 5.82 Å². The van der Waals surface area contributed by atoms with Crippen molar-refractivity contribution in [3.8, 4) is 11.1 Å². The molecule has 38 heavy (non-hydrogen) atoms. The SMILES string of the molecule is Nc1ncnn2cc(COCC(F)(F)F)c(-c3ccc(NC(=O)Nc4cc(C(F)(F)F)ccc4F)cc3)c12. The molecule has 0 saturated carbocycles. The van der Waals surface area contributed by atoms with E-state index < -0.39 is 48.7 Å². The number of amides is 2. The number of benzene rings is 2. The lowest BCUT2D eigenvalue weighted by Crippen LogP contribution is -2.20. The van der Waals surface area contributed by atoms with Crippen LogP contribution in [0.5, 0.6) is 0 Å². The molecule has 2 amide bonds. The Hall–Kier alpha value is -4.40. The van der Waals surface area contributed by atoms with Gasteiger partial charge in [-0.2, -0.15) is 31.4 Å². The van der Waals surface area contributed by atoms with Gasteiger partial charge in [-0.1, -0.05) is 12.1 Å². The van der Waals surface area contributed by atoms with Gasteiger partial charge in [0, 0.05) is 23.0 Å². The quantitative estimate of drug-likeness (QED) is 0.265. The van der Waals surface area contributed by atoms with Gasteiger partial charge >= 0.3 is 18.4 Å². The van der Waals surface area contributed by atoms with Crippen LogP contribution >= 0.6 is 0 Å². The van der Waals surface area contributed by atoms with Crippen LogP contribution in [0.3, 0.4) is 0 Å². The van der Waals surface area contributed by atoms with Crippen molar-refractivity contribution in [2.45, 2.75) is 19.0 Å². The molecule has 8 nitrogen and oxygen atoms in total. The molecule has 4 rings (SSSR count). The van der Waals surface area contributed by atoms with Gasteiger partial charge < -0.3 is 21.1 Å². The molecule has 15 heteroatoms. The highest BCUT2D eigenvalue weighted by atomic mass is 19.4. The van der Waals surface area contributed by atoms with Gasteiger partial charge in [0.25, 0.3) is 0 Å². The smallest absolute Gasteiger partial charge is 0.382 e. The number of nitrogen functional groups attached to an aromatic ring is 1. The fraction of sp³-hybridized carbons (Fsp3) is 0.174. The van der Waals surface area contributed by atoms with Crippen molar-refractivity contribution < 1.29 is 40.3 Å². The number of carbonyl (C=O) groups excluding carboxylic acids is 1. The van der Waals surface area contributed by atoms with Crippen molar-refractivity contribution in [3.63, 3.8) is 0 Å². The number of ether oxygens (including phenoxy) is 1. The molecular weight excluding hydrogens is 525 g/mol. The lowest BCUT2D eigenvalue weighted by Gasteiger charge is -2.12. The molecule has 2 aromatic carbocycles. The number of anilines is 3. The molecule has 0 aliphatic carbocycles. The van der Waals surface area contributed by atoms with Gasteiger partial charge in [-0.3, -0.25) is 0 Å². The molecule has 0 fully saturated rings. The molecule has 0 atom stereocenters. The number of carbonyl (C=O) groups is 1. The normalized spacial score (nSPS) is 12.1. The van der Waals surface area contributed by atoms with Crippen molar-refractivity contribution >= 4 is 28.7 Å². The summed E-state index contributed by atoms with van der Waals surface area (Å²) in [7, 11) is 0. The number of hydrogen-bond acceptors (Lipinski definition) is 5. The monoisotopic (exact) mass is 542 g/mol. The topological polar surface area (TPSA) is 107 Å². The molecule has 0 aliphatic heterocycles. The summed E-state index contributed by atoms with van der Waals surface area (Å²) in [6.07, 6.45) is -6.64. The lowest BCUT2D eigenvalue weighted by molar-refractivity contribution is -0.176. The minimum Gasteiger partial charge on any atom is -0.382 e. The second-order valence-corrected chi connectivity index (χ2v) is 7.92. The molecule has 0 unspecified atom stereocenters. The highest BCUT2D eigenvalue weighted by molar-refractivity contribution is 6.00. The lowest BCUT2D eigenvalue weighted by atomic mass is 10.0. The Morgan fingerprint density at radius 3 is 2.39 bits per heavy atom. The first-order chi connectivity index (χ1) is 17.8. The molecule has 0 bridgehead atoms. The Bertz CT molecular complexity index is 1470. The first-order valence-electron chi connectivity index (χ1n) is 10.6. The highest BCUT2D eigenvalue weighted by Gasteiger charge is 2.31. The van der Waals surface area contributed by atoms with Crippen LogP contribution in [-0.4, -0.2) is 33.4 Å². The molecule has 0 saturated heterocycles. The molecule has 200 valence electrons. The third kappa shape index (κ3) is 6.11. The van der Waals surface area contributed by atoms with Crippen molar-refractivity contribution in [1.82, 2.24) is 14.6 Å². The van der Waals surface area contributed by atoms with Crippen molar-refractivity contribution in [2.75, 3.05) is 23.0 Å². The van der Waals surface area contributed by atoms with Crippen LogP contribution in [0.15, 0.2) is 55.0 Å². The van der Waals surface area contributed by atoms with Crippen LogP contribution in [0, 0.1) is 5.82 Å². The largest absolute Gasteiger partial charge is 0.416 e. The number of urea groups is 1. The van der Waals surface area contributed by atoms with E-state index in [1.54, 1.807) is 0 Å². The van der Waals surface area contributed by atoms with E-state index in [9.17, 15) is 35.5 Å². The van der Waals surface area contributed by atoms with Crippen molar-refractivity contribution in [2.24, 2.45) is 0 Å². The Morgan fingerprint density at radius 1 is 1.03 bits per heavy atom. The second kappa shape index (κ2) is 10.2. The number of hydrogen-bond donors (Lipinski definition) is 3. The Kier molecular flexibility index (Phi) is 7.13. The van der Waals surface area contributed by atoms with Crippen LogP contribution < -0.4 is 16.4 Å². The third-order valence-electron chi connectivity index (χ3n) is 5.18. The number of fused-ring (bicyclic) bond motifs is 1. The molecule has 0 radical (unpaired) electrons. The van der Waals surface area contributed by atoms with Crippen LogP contribution in [-0.2, 0) is 17.5 Å². The maximum Gasteiger partial charge on any atom is 0.416 e. The average Bonchev–Trinajstić information content (AvgIpc) is 3.19. The van der Waals surface area contributed by atoms with E-state index in [0.29, 0.717) is 40.4 Å². The number of aromatic nitrogens is 3. The van der Waals surface area contributed by atoms with Crippen LogP contribution in [0.4, 0.5) is 52.7 Å². The summed E-state index contributed by atoms with van der Waals surface area (Å²) >= 11 is 0. The van der Waals surface area contributed by atoms with Gasteiger partial charge in [-0.05, 0) is 35.9 Å². The zero-order valence-corrected chi connectivity index (χ0v) is 19.0. The number of nitrogens with one attached hydrogen (secondary N) is 2. The molecular formula is C23H17F7N6O2. The van der Waals surface area contributed by atoms with Crippen LogP contribution in [0.2, 0.25) is 0 Å². The number of alkyl halides is 6. The van der Waals surface area contributed by atoms with E-state index in [0.717, 1.165) is 0 Å². The van der Waals surface area contributed by atoms with Gasteiger partial charge in [0.05, 0.1) is 17.9 Å². The third-order valence-corrected chi connectivity index (χ3v) is 5.18. The average molecular weight is 542 g/mol. The Labute approximate surface area is 209 Å². The molecule has 2 aromatic heterocycles. The zero-order valence-electron chi connectivity index (χ0n) is 19.0. The predicted octanol–water partition coefficient (Wildman–Crippen LogP) is 5.86. The summed E-state index contributed by atoms with van der Waals surface area (Å²) in [5.41, 5.74) is 5.84. The first-order valence-corrected chi connectivity index (χ1v) is 10.6. The van der Waals surface area contributed by atoms with E-state index >= 15 is 0 Å². The molecule has 0 aliphatic rings. The maximum absolute atomic E-state index is 13.9. The summed E-state index contributed by atoms with van der Waals surface area (Å²) in [6.45, 7) is -1.88. The Morgan fingerprint density at radius 2 is 1.74 bits per heavy atom.